The number of hydrogen-bond acceptors (Lipinski definition) is 4. The minimum Gasteiger partial charge on any atom is -0.335 e. The van der Waals surface area contributed by atoms with Crippen LogP contribution in [-0.4, -0.2) is 70.9 Å². The number of nitrogens with zero attached hydrogens (tertiary/aromatic N) is 3. The lowest BCUT2D eigenvalue weighted by atomic mass is 10.1. The molecule has 1 aliphatic heterocycles. The standard InChI is InChI=1S/C22H33N3O2S/c1-6-21-25(20(26)14-17(2)3)19(16-28-21)22(27)24(13-12-23(4)5)15-18-10-8-7-9-11-18/h7-11,14,19,21H,6,12-13,15-16H2,1-5H3. The first-order valence-corrected chi connectivity index (χ1v) is 10.9. The smallest absolute Gasteiger partial charge is 0.248 e. The number of benzene rings is 1. The summed E-state index contributed by atoms with van der Waals surface area (Å²) in [4.78, 5) is 32.1. The van der Waals surface area contributed by atoms with E-state index in [0.29, 0.717) is 18.8 Å². The van der Waals surface area contributed by atoms with Crippen LogP contribution in [-0.2, 0) is 16.1 Å². The Morgan fingerprint density at radius 2 is 1.86 bits per heavy atom. The molecule has 0 aliphatic carbocycles. The van der Waals surface area contributed by atoms with Crippen molar-refractivity contribution >= 4 is 23.6 Å². The van der Waals surface area contributed by atoms with E-state index in [-0.39, 0.29) is 17.2 Å². The predicted octanol–water partition coefficient (Wildman–Crippen LogP) is 3.22. The Morgan fingerprint density at radius 3 is 2.43 bits per heavy atom. The van der Waals surface area contributed by atoms with Gasteiger partial charge >= 0.3 is 0 Å². The lowest BCUT2D eigenvalue weighted by molar-refractivity contribution is -0.143. The molecule has 2 rings (SSSR count). The zero-order chi connectivity index (χ0) is 20.7. The molecule has 6 heteroatoms. The van der Waals surface area contributed by atoms with E-state index in [1.807, 2.05) is 63.2 Å². The Balaban J connectivity index is 2.24. The lowest BCUT2D eigenvalue weighted by Crippen LogP contribution is -2.51. The normalized spacial score (nSPS) is 19.0. The number of likely N-dealkylation sites (N-methyl/N-ethyl adjacent to an activating group) is 1. The molecule has 1 aliphatic rings. The van der Waals surface area contributed by atoms with Crippen LogP contribution in [0.4, 0.5) is 0 Å². The average Bonchev–Trinajstić information content (AvgIpc) is 3.09. The molecule has 0 radical (unpaired) electrons. The second-order valence-corrected chi connectivity index (χ2v) is 8.94. The number of carbonyl (C=O) groups is 2. The van der Waals surface area contributed by atoms with Crippen molar-refractivity contribution in [3.8, 4) is 0 Å². The predicted molar refractivity (Wildman–Crippen MR) is 117 cm³/mol. The van der Waals surface area contributed by atoms with Crippen molar-refractivity contribution in [1.82, 2.24) is 14.7 Å². The molecule has 0 spiro atoms. The van der Waals surface area contributed by atoms with Crippen LogP contribution in [0.25, 0.3) is 0 Å². The number of thioether (sulfide) groups is 1. The summed E-state index contributed by atoms with van der Waals surface area (Å²) >= 11 is 1.71. The first kappa shape index (κ1) is 22.5. The fraction of sp³-hybridized carbons (Fsp3) is 0.545. The highest BCUT2D eigenvalue weighted by Gasteiger charge is 2.41. The molecule has 0 saturated carbocycles. The topological polar surface area (TPSA) is 43.9 Å². The van der Waals surface area contributed by atoms with Gasteiger partial charge in [0, 0.05) is 31.5 Å². The Kier molecular flexibility index (Phi) is 8.58. The van der Waals surface area contributed by atoms with Crippen molar-refractivity contribution in [2.75, 3.05) is 32.9 Å². The summed E-state index contributed by atoms with van der Waals surface area (Å²) in [5, 5.41) is 0.0597. The zero-order valence-corrected chi connectivity index (χ0v) is 18.5. The van der Waals surface area contributed by atoms with Gasteiger partial charge in [-0.1, -0.05) is 42.8 Å². The van der Waals surface area contributed by atoms with Gasteiger partial charge in [-0.15, -0.1) is 11.8 Å². The first-order valence-electron chi connectivity index (χ1n) is 9.89. The molecule has 1 aromatic rings. The van der Waals surface area contributed by atoms with E-state index in [9.17, 15) is 9.59 Å². The highest BCUT2D eigenvalue weighted by molar-refractivity contribution is 8.00. The minimum atomic E-state index is -0.399. The highest BCUT2D eigenvalue weighted by atomic mass is 32.2. The van der Waals surface area contributed by atoms with Gasteiger partial charge in [0.15, 0.2) is 0 Å². The molecule has 0 N–H and O–H groups in total. The lowest BCUT2D eigenvalue weighted by Gasteiger charge is -2.32. The fourth-order valence-electron chi connectivity index (χ4n) is 3.29. The van der Waals surface area contributed by atoms with E-state index >= 15 is 0 Å². The molecule has 1 heterocycles. The molecule has 2 amide bonds. The number of hydrogen-bond donors (Lipinski definition) is 0. The van der Waals surface area contributed by atoms with Gasteiger partial charge in [-0.3, -0.25) is 9.59 Å². The molecule has 1 saturated heterocycles. The monoisotopic (exact) mass is 403 g/mol. The van der Waals surface area contributed by atoms with Crippen LogP contribution in [0.15, 0.2) is 42.0 Å². The summed E-state index contributed by atoms with van der Waals surface area (Å²) in [6.07, 6.45) is 2.49. The Labute approximate surface area is 173 Å². The SMILES string of the molecule is CCC1SCC(C(=O)N(CCN(C)C)Cc2ccccc2)N1C(=O)C=C(C)C. The largest absolute Gasteiger partial charge is 0.335 e. The van der Waals surface area contributed by atoms with Crippen LogP contribution in [0, 0.1) is 0 Å². The molecule has 5 nitrogen and oxygen atoms in total. The van der Waals surface area contributed by atoms with Crippen LogP contribution in [0.1, 0.15) is 32.8 Å². The van der Waals surface area contributed by atoms with Gasteiger partial charge < -0.3 is 14.7 Å². The van der Waals surface area contributed by atoms with E-state index in [1.54, 1.807) is 22.7 Å². The molecule has 0 aromatic heterocycles. The molecular formula is C22H33N3O2S. The number of rotatable bonds is 8. The van der Waals surface area contributed by atoms with Gasteiger partial charge in [0.1, 0.15) is 6.04 Å². The maximum Gasteiger partial charge on any atom is 0.248 e. The maximum atomic E-state index is 13.5. The van der Waals surface area contributed by atoms with Crippen molar-refractivity contribution in [1.29, 1.82) is 0 Å². The van der Waals surface area contributed by atoms with E-state index < -0.39 is 6.04 Å². The van der Waals surface area contributed by atoms with E-state index in [4.69, 9.17) is 0 Å². The highest BCUT2D eigenvalue weighted by Crippen LogP contribution is 2.32. The molecule has 1 aromatic carbocycles. The first-order chi connectivity index (χ1) is 13.3. The van der Waals surface area contributed by atoms with Crippen molar-refractivity contribution in [2.24, 2.45) is 0 Å². The summed E-state index contributed by atoms with van der Waals surface area (Å²) in [6, 6.07) is 9.65. The summed E-state index contributed by atoms with van der Waals surface area (Å²) in [5.74, 6) is 0.652. The van der Waals surface area contributed by atoms with Crippen LogP contribution in [0.2, 0.25) is 0 Å². The van der Waals surface area contributed by atoms with Crippen LogP contribution in [0.5, 0.6) is 0 Å². The molecule has 1 fully saturated rings. The second-order valence-electron chi connectivity index (χ2n) is 7.73. The quantitative estimate of drug-likeness (QED) is 0.625. The molecular weight excluding hydrogens is 370 g/mol. The van der Waals surface area contributed by atoms with E-state index in [0.717, 1.165) is 24.1 Å². The van der Waals surface area contributed by atoms with Gasteiger partial charge in [0.05, 0.1) is 5.37 Å². The Bertz CT molecular complexity index is 686. The summed E-state index contributed by atoms with van der Waals surface area (Å²) in [6.45, 7) is 7.90. The van der Waals surface area contributed by atoms with Crippen molar-refractivity contribution in [3.05, 3.63) is 47.5 Å². The fourth-order valence-corrected chi connectivity index (χ4v) is 4.64. The van der Waals surface area contributed by atoms with E-state index in [2.05, 4.69) is 11.8 Å². The van der Waals surface area contributed by atoms with Gasteiger partial charge in [-0.25, -0.2) is 0 Å². The summed E-state index contributed by atoms with van der Waals surface area (Å²) < 4.78 is 0. The van der Waals surface area contributed by atoms with Crippen molar-refractivity contribution in [3.63, 3.8) is 0 Å². The third kappa shape index (κ3) is 6.11. The van der Waals surface area contributed by atoms with Gasteiger partial charge in [0.25, 0.3) is 0 Å². The van der Waals surface area contributed by atoms with Gasteiger partial charge in [-0.05, 0) is 39.9 Å². The maximum absolute atomic E-state index is 13.5. The minimum absolute atomic E-state index is 0.0460. The van der Waals surface area contributed by atoms with E-state index in [1.165, 1.54) is 0 Å². The van der Waals surface area contributed by atoms with Crippen molar-refractivity contribution in [2.45, 2.75) is 45.2 Å². The summed E-state index contributed by atoms with van der Waals surface area (Å²) in [7, 11) is 4.02. The number of carbonyl (C=O) groups excluding carboxylic acids is 2. The third-order valence-electron chi connectivity index (χ3n) is 4.74. The Hall–Kier alpha value is -1.79. The van der Waals surface area contributed by atoms with Gasteiger partial charge in [0.2, 0.25) is 11.8 Å². The van der Waals surface area contributed by atoms with Crippen molar-refractivity contribution < 1.29 is 9.59 Å². The van der Waals surface area contributed by atoms with Crippen LogP contribution >= 0.6 is 11.8 Å². The Morgan fingerprint density at radius 1 is 1.18 bits per heavy atom. The molecule has 2 atom stereocenters. The number of amides is 2. The third-order valence-corrected chi connectivity index (χ3v) is 6.19. The van der Waals surface area contributed by atoms with Gasteiger partial charge in [-0.2, -0.15) is 0 Å². The van der Waals surface area contributed by atoms with Crippen LogP contribution in [0.3, 0.4) is 0 Å². The average molecular weight is 404 g/mol. The second kappa shape index (κ2) is 10.7. The molecule has 0 bridgehead atoms. The summed E-state index contributed by atoms with van der Waals surface area (Å²) in [5.41, 5.74) is 2.06. The molecule has 28 heavy (non-hydrogen) atoms. The zero-order valence-electron chi connectivity index (χ0n) is 17.7. The number of allylic oxidation sites excluding steroid dienone is 1. The van der Waals surface area contributed by atoms with Crippen LogP contribution < -0.4 is 0 Å². The molecule has 2 unspecified atom stereocenters. The molecule has 154 valence electrons.